The van der Waals surface area contributed by atoms with Crippen LogP contribution in [0.1, 0.15) is 79.6 Å². The van der Waals surface area contributed by atoms with E-state index in [-0.39, 0.29) is 8.15 Å². The van der Waals surface area contributed by atoms with E-state index in [4.69, 9.17) is 0 Å². The van der Waals surface area contributed by atoms with E-state index >= 15 is 0 Å². The van der Waals surface area contributed by atoms with Crippen molar-refractivity contribution in [3.05, 3.63) is 46.6 Å². The van der Waals surface area contributed by atoms with Gasteiger partial charge in [-0.2, -0.15) is 0 Å². The van der Waals surface area contributed by atoms with Crippen molar-refractivity contribution in [3.63, 3.8) is 0 Å². The molecule has 1 unspecified atom stereocenters. The van der Waals surface area contributed by atoms with E-state index in [9.17, 15) is 4.57 Å². The van der Waals surface area contributed by atoms with Crippen LogP contribution in [0.15, 0.2) is 46.6 Å². The molecule has 136 valence electrons. The summed E-state index contributed by atoms with van der Waals surface area (Å²) in [5, 5.41) is 0. The Morgan fingerprint density at radius 1 is 0.750 bits per heavy atom. The standard InChI is InChI=1S/C21H36OP2/c1-18(2)10-8-13-19(3)11-6-7-12-20(4)14-9-15-21(5)16-17-23-24-22/h10-11,14,16,23H,6-9,12-13,15,17H2,1-5H3/b19-11+,20-14+,21-16+. The molecule has 0 fully saturated rings. The summed E-state index contributed by atoms with van der Waals surface area (Å²) < 4.78 is 10.4. The summed E-state index contributed by atoms with van der Waals surface area (Å²) in [6.07, 6.45) is 18.6. The molecule has 0 amide bonds. The highest BCUT2D eigenvalue weighted by Gasteiger charge is 1.94. The molecule has 0 aromatic carbocycles. The Balaban J connectivity index is 3.88. The fraction of sp³-hybridized carbons (Fsp3) is 0.619. The summed E-state index contributed by atoms with van der Waals surface area (Å²) in [5.41, 5.74) is 5.87. The predicted molar refractivity (Wildman–Crippen MR) is 114 cm³/mol. The molecule has 0 aromatic rings. The first-order chi connectivity index (χ1) is 11.5. The second kappa shape index (κ2) is 16.0. The molecule has 0 aliphatic carbocycles. The lowest BCUT2D eigenvalue weighted by atomic mass is 10.0. The average molecular weight is 366 g/mol. The van der Waals surface area contributed by atoms with Crippen LogP contribution in [-0.2, 0) is 4.57 Å². The van der Waals surface area contributed by atoms with Crippen LogP contribution < -0.4 is 0 Å². The second-order valence-corrected chi connectivity index (χ2v) is 9.26. The molecule has 0 aliphatic heterocycles. The van der Waals surface area contributed by atoms with Crippen molar-refractivity contribution in [2.24, 2.45) is 0 Å². The maximum atomic E-state index is 10.4. The van der Waals surface area contributed by atoms with E-state index < -0.39 is 0 Å². The minimum absolute atomic E-state index is 0.285. The fourth-order valence-corrected chi connectivity index (χ4v) is 3.44. The van der Waals surface area contributed by atoms with Crippen LogP contribution >= 0.6 is 16.4 Å². The summed E-state index contributed by atoms with van der Waals surface area (Å²) in [5.74, 6) is 0. The van der Waals surface area contributed by atoms with Gasteiger partial charge in [0, 0.05) is 0 Å². The maximum Gasteiger partial charge on any atom is 0.178 e. The highest BCUT2D eigenvalue weighted by molar-refractivity contribution is 8.05. The van der Waals surface area contributed by atoms with Crippen molar-refractivity contribution >= 4 is 16.4 Å². The molecule has 0 spiro atoms. The largest absolute Gasteiger partial charge is 0.270 e. The first-order valence-corrected chi connectivity index (χ1v) is 12.0. The Kier molecular flexibility index (Phi) is 15.6. The number of hydrogen-bond acceptors (Lipinski definition) is 1. The molecule has 24 heavy (non-hydrogen) atoms. The lowest BCUT2D eigenvalue weighted by Gasteiger charge is -2.03. The second-order valence-electron chi connectivity index (χ2n) is 6.86. The SMILES string of the molecule is CC(C)=CCC/C(C)=C/CCC/C(C)=C/CC/C(C)=C/CPP=O. The molecule has 0 saturated carbocycles. The Morgan fingerprint density at radius 2 is 1.29 bits per heavy atom. The molecule has 1 atom stereocenters. The highest BCUT2D eigenvalue weighted by atomic mass is 32.0. The third-order valence-corrected chi connectivity index (χ3v) is 5.45. The molecular weight excluding hydrogens is 330 g/mol. The molecule has 1 nitrogen and oxygen atoms in total. The minimum Gasteiger partial charge on any atom is -0.270 e. The van der Waals surface area contributed by atoms with Gasteiger partial charge in [0.15, 0.2) is 8.15 Å². The molecule has 0 bridgehead atoms. The van der Waals surface area contributed by atoms with E-state index in [1.807, 2.05) is 0 Å². The van der Waals surface area contributed by atoms with Crippen molar-refractivity contribution in [3.8, 4) is 0 Å². The molecule has 0 aromatic heterocycles. The van der Waals surface area contributed by atoms with Crippen LogP contribution in [0.25, 0.3) is 0 Å². The summed E-state index contributed by atoms with van der Waals surface area (Å²) in [6.45, 7) is 11.0. The van der Waals surface area contributed by atoms with E-state index in [1.54, 1.807) is 0 Å². The smallest absolute Gasteiger partial charge is 0.178 e. The molecule has 0 N–H and O–H groups in total. The molecule has 0 aliphatic rings. The molecule has 0 saturated heterocycles. The zero-order valence-electron chi connectivity index (χ0n) is 16.3. The Hall–Kier alpha value is -0.510. The maximum absolute atomic E-state index is 10.4. The normalized spacial score (nSPS) is 14.0. The van der Waals surface area contributed by atoms with Gasteiger partial charge in [0.1, 0.15) is 0 Å². The van der Waals surface area contributed by atoms with E-state index in [1.165, 1.54) is 54.4 Å². The third-order valence-electron chi connectivity index (χ3n) is 4.00. The Bertz CT molecular complexity index is 466. The van der Waals surface area contributed by atoms with Crippen LogP contribution in [-0.4, -0.2) is 6.16 Å². The Morgan fingerprint density at radius 3 is 1.92 bits per heavy atom. The van der Waals surface area contributed by atoms with Crippen LogP contribution in [0.3, 0.4) is 0 Å². The van der Waals surface area contributed by atoms with Crippen molar-refractivity contribution in [2.45, 2.75) is 79.6 Å². The first kappa shape index (κ1) is 23.5. The van der Waals surface area contributed by atoms with E-state index in [0.29, 0.717) is 8.27 Å². The van der Waals surface area contributed by atoms with Gasteiger partial charge in [0.05, 0.1) is 0 Å². The van der Waals surface area contributed by atoms with Gasteiger partial charge >= 0.3 is 0 Å². The highest BCUT2D eigenvalue weighted by Crippen LogP contribution is 2.26. The number of allylic oxidation sites excluding steroid dienone is 8. The van der Waals surface area contributed by atoms with Gasteiger partial charge in [-0.1, -0.05) is 46.6 Å². The summed E-state index contributed by atoms with van der Waals surface area (Å²) >= 11 is 0. The van der Waals surface area contributed by atoms with Gasteiger partial charge in [-0.05, 0) is 94.0 Å². The van der Waals surface area contributed by atoms with E-state index in [0.717, 1.165) is 19.0 Å². The molecule has 3 heteroatoms. The van der Waals surface area contributed by atoms with Gasteiger partial charge in [0.25, 0.3) is 0 Å². The lowest BCUT2D eigenvalue weighted by molar-refractivity contribution is 0.605. The average Bonchev–Trinajstić information content (AvgIpc) is 2.51. The summed E-state index contributed by atoms with van der Waals surface area (Å²) in [4.78, 5) is 0. The van der Waals surface area contributed by atoms with Crippen LogP contribution in [0.5, 0.6) is 0 Å². The lowest BCUT2D eigenvalue weighted by Crippen LogP contribution is -1.83. The molecule has 0 radical (unpaired) electrons. The fourth-order valence-electron chi connectivity index (χ4n) is 2.43. The number of hydrogen-bond donors (Lipinski definition) is 0. The summed E-state index contributed by atoms with van der Waals surface area (Å²) in [7, 11) is 0.805. The molecule has 0 heterocycles. The van der Waals surface area contributed by atoms with Gasteiger partial charge in [-0.15, -0.1) is 0 Å². The first-order valence-electron chi connectivity index (χ1n) is 9.11. The molecule has 0 rings (SSSR count). The topological polar surface area (TPSA) is 17.1 Å². The van der Waals surface area contributed by atoms with Crippen molar-refractivity contribution in [2.75, 3.05) is 6.16 Å². The third kappa shape index (κ3) is 16.4. The number of rotatable bonds is 13. The van der Waals surface area contributed by atoms with Gasteiger partial charge in [0.2, 0.25) is 0 Å². The Labute approximate surface area is 153 Å². The monoisotopic (exact) mass is 366 g/mol. The number of unbranched alkanes of at least 4 members (excludes halogenated alkanes) is 1. The van der Waals surface area contributed by atoms with Crippen molar-refractivity contribution in [1.29, 1.82) is 0 Å². The summed E-state index contributed by atoms with van der Waals surface area (Å²) in [6, 6.07) is 0. The quantitative estimate of drug-likeness (QED) is 0.182. The van der Waals surface area contributed by atoms with Crippen LogP contribution in [0.4, 0.5) is 0 Å². The van der Waals surface area contributed by atoms with Gasteiger partial charge in [-0.3, -0.25) is 4.57 Å². The zero-order valence-corrected chi connectivity index (χ0v) is 18.2. The molecular formula is C21H36OP2. The van der Waals surface area contributed by atoms with Crippen molar-refractivity contribution < 1.29 is 4.57 Å². The van der Waals surface area contributed by atoms with Crippen molar-refractivity contribution in [1.82, 2.24) is 0 Å². The predicted octanol–water partition coefficient (Wildman–Crippen LogP) is 8.41. The van der Waals surface area contributed by atoms with Gasteiger partial charge in [-0.25, -0.2) is 0 Å². The minimum atomic E-state index is 0.285. The van der Waals surface area contributed by atoms with Crippen LogP contribution in [0.2, 0.25) is 0 Å². The van der Waals surface area contributed by atoms with E-state index in [2.05, 4.69) is 58.9 Å². The zero-order chi connectivity index (χ0) is 18.2. The van der Waals surface area contributed by atoms with Gasteiger partial charge < -0.3 is 0 Å². The van der Waals surface area contributed by atoms with Crippen LogP contribution in [0, 0.1) is 0 Å².